The predicted molar refractivity (Wildman–Crippen MR) is 123 cm³/mol. The van der Waals surface area contributed by atoms with Crippen LogP contribution in [0.15, 0.2) is 59.5 Å². The van der Waals surface area contributed by atoms with Gasteiger partial charge in [-0.05, 0) is 42.3 Å². The Balaban J connectivity index is 1.47. The Morgan fingerprint density at radius 2 is 2.18 bits per heavy atom. The number of hydrogen-bond donors (Lipinski definition) is 1. The Labute approximate surface area is 195 Å². The minimum absolute atomic E-state index is 0.217. The quantitative estimate of drug-likeness (QED) is 0.592. The predicted octanol–water partition coefficient (Wildman–Crippen LogP) is 3.93. The lowest BCUT2D eigenvalue weighted by Crippen LogP contribution is -2.19. The van der Waals surface area contributed by atoms with Crippen LogP contribution in [0.3, 0.4) is 0 Å². The summed E-state index contributed by atoms with van der Waals surface area (Å²) in [5.74, 6) is 0.233. The van der Waals surface area contributed by atoms with E-state index < -0.39 is 6.09 Å². The van der Waals surface area contributed by atoms with Crippen molar-refractivity contribution in [2.45, 2.75) is 12.8 Å². The second-order valence-corrected chi connectivity index (χ2v) is 8.15. The zero-order valence-electron chi connectivity index (χ0n) is 17.7. The topological polar surface area (TPSA) is 106 Å². The molecule has 0 bridgehead atoms. The van der Waals surface area contributed by atoms with Crippen LogP contribution >= 0.6 is 11.6 Å². The number of carbonyl (C=O) groups is 1. The Kier molecular flexibility index (Phi) is 7.03. The summed E-state index contributed by atoms with van der Waals surface area (Å²) in [5.41, 5.74) is 2.42. The fourth-order valence-corrected chi connectivity index (χ4v) is 3.73. The number of rotatable bonds is 6. The number of ether oxygens (including phenoxy) is 2. The van der Waals surface area contributed by atoms with Crippen molar-refractivity contribution in [3.63, 3.8) is 0 Å². The number of hydrogen-bond acceptors (Lipinski definition) is 6. The smallest absolute Gasteiger partial charge is 0.411 e. The molecule has 1 N–H and O–H groups in total. The third kappa shape index (κ3) is 5.98. The Morgan fingerprint density at radius 1 is 1.30 bits per heavy atom. The summed E-state index contributed by atoms with van der Waals surface area (Å²) in [5, 5.41) is 16.7. The molecular formula is C24H21ClN4O4. The number of aromatic nitrogens is 2. The van der Waals surface area contributed by atoms with Gasteiger partial charge in [0.05, 0.1) is 30.5 Å². The molecular weight excluding hydrogens is 444 g/mol. The van der Waals surface area contributed by atoms with Crippen molar-refractivity contribution in [1.29, 1.82) is 5.26 Å². The largest absolute Gasteiger partial charge is 0.449 e. The molecule has 1 aliphatic rings. The van der Waals surface area contributed by atoms with Crippen molar-refractivity contribution >= 4 is 23.4 Å². The van der Waals surface area contributed by atoms with Gasteiger partial charge in [-0.25, -0.2) is 9.48 Å². The maximum absolute atomic E-state index is 12.4. The second-order valence-electron chi connectivity index (χ2n) is 7.71. The van der Waals surface area contributed by atoms with Gasteiger partial charge in [-0.2, -0.15) is 10.4 Å². The zero-order valence-corrected chi connectivity index (χ0v) is 18.4. The van der Waals surface area contributed by atoms with E-state index in [1.54, 1.807) is 36.4 Å². The average molecular weight is 465 g/mol. The zero-order chi connectivity index (χ0) is 23.2. The highest BCUT2D eigenvalue weighted by atomic mass is 35.5. The molecule has 1 fully saturated rings. The van der Waals surface area contributed by atoms with Gasteiger partial charge in [0, 0.05) is 41.9 Å². The first-order valence-electron chi connectivity index (χ1n) is 10.4. The molecule has 3 aromatic rings. The molecule has 9 heteroatoms. The molecule has 1 aromatic heterocycles. The third-order valence-electron chi connectivity index (χ3n) is 5.18. The lowest BCUT2D eigenvalue weighted by atomic mass is 10.1. The molecule has 4 rings (SSSR count). The van der Waals surface area contributed by atoms with Crippen LogP contribution in [0.5, 0.6) is 0 Å². The second kappa shape index (κ2) is 10.3. The summed E-state index contributed by atoms with van der Waals surface area (Å²) in [7, 11) is 0. The van der Waals surface area contributed by atoms with E-state index >= 15 is 0 Å². The standard InChI is InChI=1S/C24H21ClN4O4/c25-19-8-18(13-26)10-21(12-19)29-6-4-23(30)22(28-29)11-16-2-1-3-20(9-16)27-24(31)33-15-17-5-7-32-14-17/h1-4,6,8-10,12,17H,5,7,11,14-15H2,(H,27,31). The van der Waals surface area contributed by atoms with Crippen molar-refractivity contribution in [1.82, 2.24) is 9.78 Å². The van der Waals surface area contributed by atoms with Gasteiger partial charge in [0.15, 0.2) is 0 Å². The van der Waals surface area contributed by atoms with Crippen LogP contribution < -0.4 is 10.7 Å². The van der Waals surface area contributed by atoms with Gasteiger partial charge in [-0.1, -0.05) is 23.7 Å². The summed E-state index contributed by atoms with van der Waals surface area (Å²) >= 11 is 6.09. The van der Waals surface area contributed by atoms with Crippen molar-refractivity contribution in [3.8, 4) is 11.8 Å². The Morgan fingerprint density at radius 3 is 2.97 bits per heavy atom. The molecule has 1 atom stereocenters. The first-order valence-corrected chi connectivity index (χ1v) is 10.8. The monoisotopic (exact) mass is 464 g/mol. The number of anilines is 1. The number of carbonyl (C=O) groups excluding carboxylic acids is 1. The van der Waals surface area contributed by atoms with Crippen LogP contribution in [0.2, 0.25) is 5.02 Å². The summed E-state index contributed by atoms with van der Waals surface area (Å²) < 4.78 is 12.1. The SMILES string of the molecule is N#Cc1cc(Cl)cc(-n2ccc(=O)c(Cc3cccc(NC(=O)OCC4CCOC4)c3)n2)c1. The van der Waals surface area contributed by atoms with Crippen LogP contribution in [-0.4, -0.2) is 35.7 Å². The number of nitriles is 1. The minimum atomic E-state index is -0.534. The van der Waals surface area contributed by atoms with E-state index in [1.165, 1.54) is 16.9 Å². The minimum Gasteiger partial charge on any atom is -0.449 e. The summed E-state index contributed by atoms with van der Waals surface area (Å²) in [4.78, 5) is 24.5. The molecule has 1 saturated heterocycles. The molecule has 1 amide bonds. The van der Waals surface area contributed by atoms with Gasteiger partial charge < -0.3 is 9.47 Å². The number of nitrogens with zero attached hydrogens (tertiary/aromatic N) is 3. The maximum Gasteiger partial charge on any atom is 0.411 e. The van der Waals surface area contributed by atoms with E-state index in [1.807, 2.05) is 6.07 Å². The molecule has 2 aromatic carbocycles. The van der Waals surface area contributed by atoms with Crippen molar-refractivity contribution in [3.05, 3.63) is 86.8 Å². The molecule has 0 radical (unpaired) electrons. The lowest BCUT2D eigenvalue weighted by Gasteiger charge is -2.11. The molecule has 0 spiro atoms. The highest BCUT2D eigenvalue weighted by Gasteiger charge is 2.17. The number of amides is 1. The van der Waals surface area contributed by atoms with Crippen molar-refractivity contribution in [2.24, 2.45) is 5.92 Å². The molecule has 1 unspecified atom stereocenters. The van der Waals surface area contributed by atoms with E-state index in [4.69, 9.17) is 21.1 Å². The molecule has 1 aliphatic heterocycles. The molecule has 168 valence electrons. The van der Waals surface area contributed by atoms with E-state index in [2.05, 4.69) is 16.5 Å². The Hall–Kier alpha value is -3.67. The summed E-state index contributed by atoms with van der Waals surface area (Å²) in [6, 6.07) is 15.5. The van der Waals surface area contributed by atoms with Crippen molar-refractivity contribution in [2.75, 3.05) is 25.1 Å². The van der Waals surface area contributed by atoms with Gasteiger partial charge in [-0.3, -0.25) is 10.1 Å². The van der Waals surface area contributed by atoms with Crippen molar-refractivity contribution < 1.29 is 14.3 Å². The van der Waals surface area contributed by atoms with Gasteiger partial charge in [0.1, 0.15) is 5.69 Å². The van der Waals surface area contributed by atoms with E-state index in [9.17, 15) is 14.9 Å². The fraction of sp³-hybridized carbons (Fsp3) is 0.250. The summed E-state index contributed by atoms with van der Waals surface area (Å²) in [6.07, 6.45) is 2.14. The van der Waals surface area contributed by atoms with Gasteiger partial charge in [-0.15, -0.1) is 0 Å². The molecule has 0 aliphatic carbocycles. The van der Waals surface area contributed by atoms with E-state index in [-0.39, 0.29) is 17.8 Å². The third-order valence-corrected chi connectivity index (χ3v) is 5.39. The highest BCUT2D eigenvalue weighted by molar-refractivity contribution is 6.30. The molecule has 8 nitrogen and oxygen atoms in total. The first-order chi connectivity index (χ1) is 16.0. The number of halogens is 1. The van der Waals surface area contributed by atoms with Gasteiger partial charge in [0.2, 0.25) is 5.43 Å². The lowest BCUT2D eigenvalue weighted by molar-refractivity contribution is 0.127. The van der Waals surface area contributed by atoms with E-state index in [0.717, 1.165) is 12.0 Å². The number of nitrogens with one attached hydrogen (secondary N) is 1. The number of benzene rings is 2. The van der Waals surface area contributed by atoms with E-state index in [0.29, 0.717) is 47.5 Å². The van der Waals surface area contributed by atoms with Crippen LogP contribution in [0.4, 0.5) is 10.5 Å². The maximum atomic E-state index is 12.4. The molecule has 33 heavy (non-hydrogen) atoms. The Bertz CT molecular complexity index is 1260. The van der Waals surface area contributed by atoms with Gasteiger partial charge in [0.25, 0.3) is 0 Å². The van der Waals surface area contributed by atoms with Crippen LogP contribution in [0, 0.1) is 17.2 Å². The fourth-order valence-electron chi connectivity index (χ4n) is 3.50. The van der Waals surface area contributed by atoms with Gasteiger partial charge >= 0.3 is 6.09 Å². The molecule has 2 heterocycles. The van der Waals surface area contributed by atoms with Crippen LogP contribution in [-0.2, 0) is 15.9 Å². The molecule has 0 saturated carbocycles. The van der Waals surface area contributed by atoms with Crippen LogP contribution in [0.25, 0.3) is 5.69 Å². The van der Waals surface area contributed by atoms with Crippen LogP contribution in [0.1, 0.15) is 23.2 Å². The first kappa shape index (κ1) is 22.5. The highest BCUT2D eigenvalue weighted by Crippen LogP contribution is 2.18. The normalized spacial score (nSPS) is 15.1. The average Bonchev–Trinajstić information content (AvgIpc) is 3.33. The summed E-state index contributed by atoms with van der Waals surface area (Å²) in [6.45, 7) is 1.62.